The van der Waals surface area contributed by atoms with Gasteiger partial charge in [0.15, 0.2) is 21.7 Å². The second kappa shape index (κ2) is 31.7. The number of hydrogen-bond donors (Lipinski definition) is 4. The third-order valence-corrected chi connectivity index (χ3v) is 17.5. The Labute approximate surface area is 477 Å². The predicted octanol–water partition coefficient (Wildman–Crippen LogP) is 5.88. The highest BCUT2D eigenvalue weighted by molar-refractivity contribution is 7.91. The Hall–Kier alpha value is -3.36. The molecule has 2 aliphatic rings. The van der Waals surface area contributed by atoms with E-state index in [1.165, 1.54) is 0 Å². The van der Waals surface area contributed by atoms with Gasteiger partial charge < -0.3 is 53.8 Å². The lowest BCUT2D eigenvalue weighted by Crippen LogP contribution is -2.46. The molecule has 0 saturated heterocycles. The molecule has 78 heavy (non-hydrogen) atoms. The Balaban J connectivity index is 0.705. The van der Waals surface area contributed by atoms with E-state index < -0.39 is 43.8 Å². The van der Waals surface area contributed by atoms with Gasteiger partial charge in [-0.25, -0.2) is 21.6 Å². The molecule has 0 spiro atoms. The quantitative estimate of drug-likeness (QED) is 0.0400. The van der Waals surface area contributed by atoms with Gasteiger partial charge in [0.1, 0.15) is 6.10 Å². The van der Waals surface area contributed by atoms with Gasteiger partial charge in [-0.3, -0.25) is 9.59 Å². The summed E-state index contributed by atoms with van der Waals surface area (Å²) < 4.78 is 87.3. The van der Waals surface area contributed by atoms with Crippen LogP contribution in [-0.2, 0) is 71.0 Å². The normalized spacial score (nSPS) is 16.9. The first-order valence-electron chi connectivity index (χ1n) is 25.7. The van der Waals surface area contributed by atoms with Crippen molar-refractivity contribution in [1.29, 1.82) is 0 Å². The molecule has 18 nitrogen and oxygen atoms in total. The number of rotatable bonds is 34. The van der Waals surface area contributed by atoms with Crippen LogP contribution in [0.2, 0.25) is 20.1 Å². The number of nitrogens with zero attached hydrogens (tertiary/aromatic N) is 2. The van der Waals surface area contributed by atoms with E-state index >= 15 is 0 Å². The molecule has 4 N–H and O–H groups in total. The van der Waals surface area contributed by atoms with Crippen LogP contribution >= 0.6 is 46.4 Å². The predicted molar refractivity (Wildman–Crippen MR) is 298 cm³/mol. The number of sulfonamides is 1. The lowest BCUT2D eigenvalue weighted by atomic mass is 9.85. The molecule has 0 bridgehead atoms. The smallest absolute Gasteiger partial charge is 0.252 e. The molecule has 4 atom stereocenters. The van der Waals surface area contributed by atoms with Crippen LogP contribution in [-0.4, -0.2) is 186 Å². The number of likely N-dealkylation sites (N-methyl/N-ethyl adjacent to an activating group) is 2. The number of aliphatic hydroxyl groups is 2. The van der Waals surface area contributed by atoms with Gasteiger partial charge >= 0.3 is 0 Å². The maximum absolute atomic E-state index is 13.0. The molecular formula is C54H70Cl4N4O14S2. The first-order valence-corrected chi connectivity index (χ1v) is 30.4. The van der Waals surface area contributed by atoms with Gasteiger partial charge in [0.05, 0.1) is 81.6 Å². The molecular weight excluding hydrogens is 1130 g/mol. The first kappa shape index (κ1) is 63.8. The van der Waals surface area contributed by atoms with E-state index in [9.17, 15) is 36.6 Å². The summed E-state index contributed by atoms with van der Waals surface area (Å²) in [5, 5.41) is 25.2. The molecule has 2 aliphatic heterocycles. The topological polar surface area (TPSA) is 229 Å². The monoisotopic (exact) mass is 1200 g/mol. The Morgan fingerprint density at radius 1 is 0.577 bits per heavy atom. The minimum Gasteiger partial charge on any atom is -0.382 e. The molecule has 2 heterocycles. The number of hydrogen-bond acceptors (Lipinski definition) is 16. The third kappa shape index (κ3) is 19.4. The largest absolute Gasteiger partial charge is 0.382 e. The second-order valence-corrected chi connectivity index (χ2v) is 24.6. The minimum atomic E-state index is -3.77. The summed E-state index contributed by atoms with van der Waals surface area (Å²) in [5.41, 5.74) is 6.07. The zero-order valence-corrected chi connectivity index (χ0v) is 48.5. The summed E-state index contributed by atoms with van der Waals surface area (Å²) in [4.78, 5) is 29.4. The highest BCUT2D eigenvalue weighted by Gasteiger charge is 2.31. The van der Waals surface area contributed by atoms with E-state index in [4.69, 9.17) is 74.8 Å². The maximum atomic E-state index is 13.0. The highest BCUT2D eigenvalue weighted by Crippen LogP contribution is 2.40. The van der Waals surface area contributed by atoms with Gasteiger partial charge in [-0.2, -0.15) is 0 Å². The lowest BCUT2D eigenvalue weighted by Gasteiger charge is -2.33. The number of Topliss-reactive ketones (excluding diaryl/α,β-unsaturated/α-hetero) is 1. The Bertz CT molecular complexity index is 2610. The third-order valence-electron chi connectivity index (χ3n) is 13.1. The zero-order valence-electron chi connectivity index (χ0n) is 43.8. The molecule has 4 aromatic carbocycles. The second-order valence-electron chi connectivity index (χ2n) is 19.0. The van der Waals surface area contributed by atoms with Gasteiger partial charge in [0.25, 0.3) is 5.91 Å². The van der Waals surface area contributed by atoms with Crippen molar-refractivity contribution >= 4 is 78.0 Å². The molecule has 2 unspecified atom stereocenters. The van der Waals surface area contributed by atoms with Crippen LogP contribution in [0.5, 0.6) is 0 Å². The van der Waals surface area contributed by atoms with Crippen LogP contribution < -0.4 is 10.0 Å². The number of amides is 1. The number of carbonyl (C=O) groups excluding carboxylic acids is 2. The molecule has 0 radical (unpaired) electrons. The molecule has 0 aliphatic carbocycles. The maximum Gasteiger partial charge on any atom is 0.252 e. The van der Waals surface area contributed by atoms with Crippen LogP contribution in [0.3, 0.4) is 0 Å². The Morgan fingerprint density at radius 2 is 1.00 bits per heavy atom. The number of ether oxygens (including phenoxy) is 6. The summed E-state index contributed by atoms with van der Waals surface area (Å²) >= 11 is 25.6. The van der Waals surface area contributed by atoms with Crippen LogP contribution in [0, 0.1) is 0 Å². The molecule has 0 saturated carbocycles. The van der Waals surface area contributed by atoms with Gasteiger partial charge in [-0.1, -0.05) is 70.7 Å². The molecule has 6 rings (SSSR count). The fraction of sp³-hybridized carbons (Fsp3) is 0.519. The Kier molecular flexibility index (Phi) is 26.0. The minimum absolute atomic E-state index is 0.00700. The SMILES string of the molecule is CN1Cc2c(Cl)cc(Cl)cc2[C@@H](c2ccc(S(=O)(=O)CCCOCCOCCOCCCC(=O)C(O)C(O)C(=O)NCCOCCOCCOCCNS(=O)(=O)c3ccc([C@H]4CN(C)Cc5c(Cl)cc(Cl)cc54)cc3)cc2)C1. The number of halogens is 4. The van der Waals surface area contributed by atoms with Gasteiger partial charge in [-0.15, -0.1) is 0 Å². The van der Waals surface area contributed by atoms with Crippen LogP contribution in [0.15, 0.2) is 82.6 Å². The van der Waals surface area contributed by atoms with Crippen molar-refractivity contribution in [2.75, 3.05) is 125 Å². The van der Waals surface area contributed by atoms with Crippen molar-refractivity contribution in [2.24, 2.45) is 0 Å². The number of aliphatic hydroxyl groups excluding tert-OH is 2. The van der Waals surface area contributed by atoms with Crippen molar-refractivity contribution < 1.29 is 65.1 Å². The molecule has 4 aromatic rings. The van der Waals surface area contributed by atoms with E-state index in [1.54, 1.807) is 36.4 Å². The summed E-state index contributed by atoms with van der Waals surface area (Å²) in [5.74, 6) is -1.70. The molecule has 0 fully saturated rings. The van der Waals surface area contributed by atoms with Crippen molar-refractivity contribution in [3.63, 3.8) is 0 Å². The van der Waals surface area contributed by atoms with Crippen molar-refractivity contribution in [1.82, 2.24) is 19.8 Å². The van der Waals surface area contributed by atoms with E-state index in [1.807, 2.05) is 50.5 Å². The average Bonchev–Trinajstić information content (AvgIpc) is 3.47. The molecule has 430 valence electrons. The van der Waals surface area contributed by atoms with E-state index in [0.29, 0.717) is 39.6 Å². The summed E-state index contributed by atoms with van der Waals surface area (Å²) in [6, 6.07) is 21.1. The lowest BCUT2D eigenvalue weighted by molar-refractivity contribution is -0.145. The number of sulfone groups is 1. The molecule has 0 aromatic heterocycles. The Morgan fingerprint density at radius 3 is 1.49 bits per heavy atom. The van der Waals surface area contributed by atoms with Crippen molar-refractivity contribution in [2.45, 2.75) is 66.2 Å². The van der Waals surface area contributed by atoms with Crippen LogP contribution in [0.25, 0.3) is 0 Å². The molecule has 1 amide bonds. The van der Waals surface area contributed by atoms with E-state index in [2.05, 4.69) is 19.8 Å². The average molecular weight is 1210 g/mol. The highest BCUT2D eigenvalue weighted by atomic mass is 35.5. The number of fused-ring (bicyclic) bond motifs is 2. The summed E-state index contributed by atoms with van der Waals surface area (Å²) in [7, 11) is -3.25. The van der Waals surface area contributed by atoms with Crippen LogP contribution in [0.4, 0.5) is 0 Å². The first-order chi connectivity index (χ1) is 37.3. The van der Waals surface area contributed by atoms with Gasteiger partial charge in [0.2, 0.25) is 10.0 Å². The standard InChI is InChI=1S/C54H70Cl4N4O14S2/c1-61-33-45(43-29-39(55)31-49(57)47(43)35-61)37-6-10-41(11-7-37)77(67,68)28-4-17-72-21-25-75-24-20-71-16-3-5-51(63)52(64)53(65)54(66)59-14-18-73-22-26-76-27-23-74-19-15-60-78(69,70)42-12-8-38(9-13-42)46-34-62(2)36-48-44(46)30-40(56)32-50(48)58/h6-13,29-32,45-46,52-53,60,64-65H,3-5,14-28,33-36H2,1-2H3,(H,59,66)/t45-,46-,52?,53?/m1/s1. The molecule has 24 heteroatoms. The summed E-state index contributed by atoms with van der Waals surface area (Å²) in [6.07, 6.45) is -3.41. The number of benzene rings is 4. The van der Waals surface area contributed by atoms with Gasteiger partial charge in [0, 0.05) is 90.8 Å². The van der Waals surface area contributed by atoms with Crippen molar-refractivity contribution in [3.05, 3.63) is 126 Å². The fourth-order valence-corrected chi connectivity index (χ4v) is 12.5. The van der Waals surface area contributed by atoms with Crippen molar-refractivity contribution in [3.8, 4) is 0 Å². The number of nitrogens with one attached hydrogen (secondary N) is 2. The summed E-state index contributed by atoms with van der Waals surface area (Å²) in [6.45, 7) is 5.56. The van der Waals surface area contributed by atoms with Crippen LogP contribution in [0.1, 0.15) is 64.5 Å². The van der Waals surface area contributed by atoms with Gasteiger partial charge in [-0.05, 0) is 109 Å². The fourth-order valence-electron chi connectivity index (χ4n) is 9.10. The van der Waals surface area contributed by atoms with E-state index in [0.717, 1.165) is 46.5 Å². The number of ketones is 1. The van der Waals surface area contributed by atoms with E-state index in [-0.39, 0.29) is 133 Å². The number of carbonyl (C=O) groups is 2. The zero-order chi connectivity index (χ0) is 56.2.